The van der Waals surface area contributed by atoms with E-state index < -0.39 is 17.9 Å². The van der Waals surface area contributed by atoms with E-state index in [-0.39, 0.29) is 18.7 Å². The van der Waals surface area contributed by atoms with Gasteiger partial charge in [-0.15, -0.1) is 0 Å². The number of hydrogen-bond donors (Lipinski definition) is 2. The number of unbranched alkanes of at least 4 members (excludes halogenated alkanes) is 1. The lowest BCUT2D eigenvalue weighted by Gasteiger charge is -2.14. The molecule has 0 spiro atoms. The molecule has 0 aliphatic carbocycles. The van der Waals surface area contributed by atoms with Crippen LogP contribution in [0.15, 0.2) is 0 Å². The van der Waals surface area contributed by atoms with Gasteiger partial charge in [0, 0.05) is 6.42 Å². The molecule has 0 saturated carbocycles. The van der Waals surface area contributed by atoms with Gasteiger partial charge in [0.1, 0.15) is 6.04 Å². The molecule has 0 heterocycles. The highest BCUT2D eigenvalue weighted by Gasteiger charge is 2.17. The van der Waals surface area contributed by atoms with Crippen molar-refractivity contribution in [2.75, 3.05) is 6.61 Å². The Morgan fingerprint density at radius 1 is 1.22 bits per heavy atom. The SMILES string of the molecule is CCCC[C@H](NC(=O)CCC(=O)OCC)C(N)=O. The summed E-state index contributed by atoms with van der Waals surface area (Å²) in [6.07, 6.45) is 2.28. The highest BCUT2D eigenvalue weighted by atomic mass is 16.5. The summed E-state index contributed by atoms with van der Waals surface area (Å²) in [6, 6.07) is -0.653. The molecule has 0 aromatic carbocycles. The third-order valence-electron chi connectivity index (χ3n) is 2.39. The van der Waals surface area contributed by atoms with Gasteiger partial charge in [0.15, 0.2) is 0 Å². The van der Waals surface area contributed by atoms with E-state index in [0.717, 1.165) is 12.8 Å². The molecule has 0 aromatic rings. The van der Waals surface area contributed by atoms with Crippen molar-refractivity contribution < 1.29 is 19.1 Å². The first-order valence-electron chi connectivity index (χ1n) is 6.25. The van der Waals surface area contributed by atoms with Crippen molar-refractivity contribution in [3.8, 4) is 0 Å². The molecule has 0 aliphatic rings. The van der Waals surface area contributed by atoms with E-state index >= 15 is 0 Å². The molecule has 3 N–H and O–H groups in total. The van der Waals surface area contributed by atoms with Gasteiger partial charge in [-0.3, -0.25) is 14.4 Å². The summed E-state index contributed by atoms with van der Waals surface area (Å²) in [5, 5.41) is 2.53. The minimum atomic E-state index is -0.653. The predicted molar refractivity (Wildman–Crippen MR) is 66.5 cm³/mol. The summed E-state index contributed by atoms with van der Waals surface area (Å²) in [7, 11) is 0. The third kappa shape index (κ3) is 7.65. The second-order valence-corrected chi connectivity index (χ2v) is 3.97. The number of carbonyl (C=O) groups excluding carboxylic acids is 3. The summed E-state index contributed by atoms with van der Waals surface area (Å²) in [4.78, 5) is 33.6. The molecule has 6 heteroatoms. The summed E-state index contributed by atoms with van der Waals surface area (Å²) in [5.74, 6) is -1.33. The number of amides is 2. The van der Waals surface area contributed by atoms with Crippen molar-refractivity contribution in [2.24, 2.45) is 5.73 Å². The Hall–Kier alpha value is -1.59. The van der Waals surface area contributed by atoms with Gasteiger partial charge in [-0.1, -0.05) is 19.8 Å². The monoisotopic (exact) mass is 258 g/mol. The molecule has 0 radical (unpaired) electrons. The second-order valence-electron chi connectivity index (χ2n) is 3.97. The quantitative estimate of drug-likeness (QED) is 0.588. The first-order valence-corrected chi connectivity index (χ1v) is 6.25. The summed E-state index contributed by atoms with van der Waals surface area (Å²) >= 11 is 0. The van der Waals surface area contributed by atoms with Gasteiger partial charge in [-0.05, 0) is 13.3 Å². The van der Waals surface area contributed by atoms with E-state index in [2.05, 4.69) is 5.32 Å². The molecular formula is C12H22N2O4. The number of hydrogen-bond acceptors (Lipinski definition) is 4. The van der Waals surface area contributed by atoms with Crippen LogP contribution in [0.3, 0.4) is 0 Å². The smallest absolute Gasteiger partial charge is 0.306 e. The number of carbonyl (C=O) groups is 3. The number of ether oxygens (including phenoxy) is 1. The minimum absolute atomic E-state index is 0.00867. The molecule has 104 valence electrons. The van der Waals surface area contributed by atoms with Gasteiger partial charge < -0.3 is 15.8 Å². The Morgan fingerprint density at radius 2 is 1.89 bits per heavy atom. The second kappa shape index (κ2) is 9.44. The van der Waals surface area contributed by atoms with Crippen molar-refractivity contribution in [1.82, 2.24) is 5.32 Å². The van der Waals surface area contributed by atoms with Gasteiger partial charge in [0.25, 0.3) is 0 Å². The molecule has 0 rings (SSSR count). The molecule has 0 fully saturated rings. The predicted octanol–water partition coefficient (Wildman–Crippen LogP) is 0.490. The fraction of sp³-hybridized carbons (Fsp3) is 0.750. The van der Waals surface area contributed by atoms with E-state index in [1.165, 1.54) is 0 Å². The molecule has 1 atom stereocenters. The molecule has 2 amide bonds. The van der Waals surface area contributed by atoms with Crippen molar-refractivity contribution >= 4 is 17.8 Å². The van der Waals surface area contributed by atoms with E-state index in [0.29, 0.717) is 13.0 Å². The molecule has 18 heavy (non-hydrogen) atoms. The van der Waals surface area contributed by atoms with Crippen LogP contribution in [-0.2, 0) is 19.1 Å². The molecule has 0 aliphatic heterocycles. The van der Waals surface area contributed by atoms with Crippen LogP contribution in [0.1, 0.15) is 46.0 Å². The van der Waals surface area contributed by atoms with Crippen LogP contribution in [-0.4, -0.2) is 30.4 Å². The van der Waals surface area contributed by atoms with Crippen LogP contribution in [0.5, 0.6) is 0 Å². The highest BCUT2D eigenvalue weighted by molar-refractivity contribution is 5.87. The highest BCUT2D eigenvalue weighted by Crippen LogP contribution is 2.01. The van der Waals surface area contributed by atoms with Gasteiger partial charge in [0.2, 0.25) is 11.8 Å². The van der Waals surface area contributed by atoms with Crippen LogP contribution in [0.4, 0.5) is 0 Å². The Kier molecular flexibility index (Phi) is 8.61. The maximum absolute atomic E-state index is 11.5. The van der Waals surface area contributed by atoms with E-state index in [1.807, 2.05) is 6.92 Å². The third-order valence-corrected chi connectivity index (χ3v) is 2.39. The minimum Gasteiger partial charge on any atom is -0.466 e. The maximum Gasteiger partial charge on any atom is 0.306 e. The zero-order chi connectivity index (χ0) is 14.0. The zero-order valence-electron chi connectivity index (χ0n) is 11.0. The zero-order valence-corrected chi connectivity index (χ0v) is 11.0. The van der Waals surface area contributed by atoms with Gasteiger partial charge in [0.05, 0.1) is 13.0 Å². The van der Waals surface area contributed by atoms with Crippen LogP contribution in [0, 0.1) is 0 Å². The fourth-order valence-electron chi connectivity index (χ4n) is 1.41. The molecule has 6 nitrogen and oxygen atoms in total. The van der Waals surface area contributed by atoms with Gasteiger partial charge in [-0.2, -0.15) is 0 Å². The Balaban J connectivity index is 4.02. The molecular weight excluding hydrogens is 236 g/mol. The standard InChI is InChI=1S/C12H22N2O4/c1-3-5-6-9(12(13)17)14-10(15)7-8-11(16)18-4-2/h9H,3-8H2,1-2H3,(H2,13,17)(H,14,15)/t9-/m0/s1. The van der Waals surface area contributed by atoms with E-state index in [9.17, 15) is 14.4 Å². The number of nitrogens with two attached hydrogens (primary N) is 1. The topological polar surface area (TPSA) is 98.5 Å². The molecule has 0 saturated heterocycles. The number of esters is 1. The van der Waals surface area contributed by atoms with Crippen molar-refractivity contribution in [3.63, 3.8) is 0 Å². The van der Waals surface area contributed by atoms with Crippen LogP contribution in [0.2, 0.25) is 0 Å². The van der Waals surface area contributed by atoms with Gasteiger partial charge in [-0.25, -0.2) is 0 Å². The van der Waals surface area contributed by atoms with Crippen molar-refractivity contribution in [3.05, 3.63) is 0 Å². The number of primary amides is 1. The largest absolute Gasteiger partial charge is 0.466 e. The Bertz CT molecular complexity index is 292. The lowest BCUT2D eigenvalue weighted by atomic mass is 10.1. The van der Waals surface area contributed by atoms with Crippen molar-refractivity contribution in [2.45, 2.75) is 52.0 Å². The molecule has 0 bridgehead atoms. The molecule has 0 aromatic heterocycles. The lowest BCUT2D eigenvalue weighted by molar-refractivity contribution is -0.144. The Morgan fingerprint density at radius 3 is 2.39 bits per heavy atom. The first-order chi connectivity index (χ1) is 8.51. The van der Waals surface area contributed by atoms with Crippen molar-refractivity contribution in [1.29, 1.82) is 0 Å². The lowest BCUT2D eigenvalue weighted by Crippen LogP contribution is -2.44. The van der Waals surface area contributed by atoms with E-state index in [1.54, 1.807) is 6.92 Å². The maximum atomic E-state index is 11.5. The van der Waals surface area contributed by atoms with E-state index in [4.69, 9.17) is 10.5 Å². The Labute approximate surface area is 107 Å². The summed E-state index contributed by atoms with van der Waals surface area (Å²) in [5.41, 5.74) is 5.18. The van der Waals surface area contributed by atoms with Gasteiger partial charge >= 0.3 is 5.97 Å². The normalized spacial score (nSPS) is 11.7. The summed E-state index contributed by atoms with van der Waals surface area (Å²) in [6.45, 7) is 3.98. The van der Waals surface area contributed by atoms with Crippen LogP contribution < -0.4 is 11.1 Å². The first kappa shape index (κ1) is 16.4. The average Bonchev–Trinajstić information content (AvgIpc) is 2.32. The van der Waals surface area contributed by atoms with Crippen LogP contribution >= 0.6 is 0 Å². The van der Waals surface area contributed by atoms with Crippen LogP contribution in [0.25, 0.3) is 0 Å². The summed E-state index contributed by atoms with van der Waals surface area (Å²) < 4.78 is 4.70. The molecule has 0 unspecified atom stereocenters. The number of nitrogens with one attached hydrogen (secondary N) is 1. The fourth-order valence-corrected chi connectivity index (χ4v) is 1.41. The number of rotatable bonds is 9. The average molecular weight is 258 g/mol.